The van der Waals surface area contributed by atoms with Crippen LogP contribution in [0.2, 0.25) is 0 Å². The zero-order chi connectivity index (χ0) is 8.85. The summed E-state index contributed by atoms with van der Waals surface area (Å²) in [4.78, 5) is 4.40. The van der Waals surface area contributed by atoms with Crippen LogP contribution in [0, 0.1) is 5.92 Å². The van der Waals surface area contributed by atoms with Crippen LogP contribution in [0.1, 0.15) is 41.0 Å². The molecule has 0 aliphatic rings. The predicted octanol–water partition coefficient (Wildman–Crippen LogP) is 3.42. The van der Waals surface area contributed by atoms with Crippen LogP contribution >= 0.6 is 0 Å². The molecule has 0 rings (SSSR count). The maximum absolute atomic E-state index is 4.40. The molecule has 0 heterocycles. The summed E-state index contributed by atoms with van der Waals surface area (Å²) in [6.45, 7) is 10.7. The van der Waals surface area contributed by atoms with E-state index in [4.69, 9.17) is 0 Å². The van der Waals surface area contributed by atoms with Gasteiger partial charge in [0.1, 0.15) is 0 Å². The predicted molar refractivity (Wildman–Crippen MR) is 52.0 cm³/mol. The SMILES string of the molecule is CCC=NC(=C(C)C)C(C)C. The molecule has 0 amide bonds. The van der Waals surface area contributed by atoms with Crippen molar-refractivity contribution in [3.05, 3.63) is 11.3 Å². The zero-order valence-corrected chi connectivity index (χ0v) is 8.31. The highest BCUT2D eigenvalue weighted by Crippen LogP contribution is 2.15. The third kappa shape index (κ3) is 3.97. The Bertz CT molecular complexity index is 160. The molecule has 0 saturated carbocycles. The highest BCUT2D eigenvalue weighted by atomic mass is 14.7. The standard InChI is InChI=1S/C10H19N/c1-6-7-11-10(8(2)3)9(4)5/h7-8H,6H2,1-5H3. The molecule has 0 aromatic rings. The quantitative estimate of drug-likeness (QED) is 0.551. The van der Waals surface area contributed by atoms with E-state index in [0.717, 1.165) is 6.42 Å². The molecule has 0 radical (unpaired) electrons. The van der Waals surface area contributed by atoms with Crippen LogP contribution in [-0.2, 0) is 0 Å². The second-order valence-corrected chi connectivity index (χ2v) is 3.26. The molecule has 0 aliphatic carbocycles. The second-order valence-electron chi connectivity index (χ2n) is 3.26. The molecule has 0 N–H and O–H groups in total. The number of hydrogen-bond donors (Lipinski definition) is 0. The van der Waals surface area contributed by atoms with E-state index < -0.39 is 0 Å². The fraction of sp³-hybridized carbons (Fsp3) is 0.700. The lowest BCUT2D eigenvalue weighted by Gasteiger charge is -2.07. The molecule has 0 unspecified atom stereocenters. The maximum atomic E-state index is 4.40. The van der Waals surface area contributed by atoms with Gasteiger partial charge in [-0.3, -0.25) is 4.99 Å². The summed E-state index contributed by atoms with van der Waals surface area (Å²) in [6, 6.07) is 0. The van der Waals surface area contributed by atoms with Crippen LogP contribution in [0.25, 0.3) is 0 Å². The minimum absolute atomic E-state index is 0.544. The van der Waals surface area contributed by atoms with Crippen LogP contribution in [0.3, 0.4) is 0 Å². The van der Waals surface area contributed by atoms with Crippen molar-refractivity contribution in [2.75, 3.05) is 0 Å². The number of rotatable bonds is 3. The number of nitrogens with zero attached hydrogens (tertiary/aromatic N) is 1. The normalized spacial score (nSPS) is 11.1. The molecule has 64 valence electrons. The molecule has 0 fully saturated rings. The molecule has 11 heavy (non-hydrogen) atoms. The van der Waals surface area contributed by atoms with E-state index in [1.54, 1.807) is 0 Å². The van der Waals surface area contributed by atoms with E-state index in [-0.39, 0.29) is 0 Å². The smallest absolute Gasteiger partial charge is 0.0411 e. The molecular formula is C10H19N. The highest BCUT2D eigenvalue weighted by molar-refractivity contribution is 5.58. The second kappa shape index (κ2) is 5.11. The van der Waals surface area contributed by atoms with E-state index in [1.807, 2.05) is 6.21 Å². The molecule has 0 atom stereocenters. The third-order valence-corrected chi connectivity index (χ3v) is 1.47. The van der Waals surface area contributed by atoms with Crippen molar-refractivity contribution in [1.29, 1.82) is 0 Å². The lowest BCUT2D eigenvalue weighted by molar-refractivity contribution is 0.745. The molecule has 0 saturated heterocycles. The lowest BCUT2D eigenvalue weighted by atomic mass is 10.1. The van der Waals surface area contributed by atoms with E-state index >= 15 is 0 Å². The van der Waals surface area contributed by atoms with Crippen molar-refractivity contribution in [2.24, 2.45) is 10.9 Å². The van der Waals surface area contributed by atoms with Crippen molar-refractivity contribution in [3.63, 3.8) is 0 Å². The summed E-state index contributed by atoms with van der Waals surface area (Å²) in [5, 5.41) is 0. The zero-order valence-electron chi connectivity index (χ0n) is 8.31. The Balaban J connectivity index is 4.38. The van der Waals surface area contributed by atoms with Gasteiger partial charge in [-0.15, -0.1) is 0 Å². The summed E-state index contributed by atoms with van der Waals surface area (Å²) >= 11 is 0. The summed E-state index contributed by atoms with van der Waals surface area (Å²) in [7, 11) is 0. The molecule has 0 spiro atoms. The first-order valence-corrected chi connectivity index (χ1v) is 4.29. The topological polar surface area (TPSA) is 12.4 Å². The van der Waals surface area contributed by atoms with Crippen LogP contribution in [-0.4, -0.2) is 6.21 Å². The van der Waals surface area contributed by atoms with E-state index in [1.165, 1.54) is 11.3 Å². The van der Waals surface area contributed by atoms with Crippen LogP contribution in [0.5, 0.6) is 0 Å². The summed E-state index contributed by atoms with van der Waals surface area (Å²) in [5.41, 5.74) is 2.55. The largest absolute Gasteiger partial charge is 0.265 e. The molecule has 1 nitrogen and oxygen atoms in total. The van der Waals surface area contributed by atoms with Gasteiger partial charge in [0.2, 0.25) is 0 Å². The highest BCUT2D eigenvalue weighted by Gasteiger charge is 2.01. The Labute approximate surface area is 70.2 Å². The first-order valence-electron chi connectivity index (χ1n) is 4.29. The number of allylic oxidation sites excluding steroid dienone is 2. The van der Waals surface area contributed by atoms with Gasteiger partial charge in [-0.2, -0.15) is 0 Å². The van der Waals surface area contributed by atoms with Crippen molar-refractivity contribution in [1.82, 2.24) is 0 Å². The fourth-order valence-corrected chi connectivity index (χ4v) is 1.05. The first-order chi connectivity index (χ1) is 5.09. The number of aliphatic imine (C=N–C) groups is 1. The van der Waals surface area contributed by atoms with Gasteiger partial charge in [-0.25, -0.2) is 0 Å². The fourth-order valence-electron chi connectivity index (χ4n) is 1.05. The Hall–Kier alpha value is -0.590. The van der Waals surface area contributed by atoms with Crippen molar-refractivity contribution in [3.8, 4) is 0 Å². The molecule has 0 aromatic heterocycles. The average Bonchev–Trinajstić information content (AvgIpc) is 1.87. The van der Waals surface area contributed by atoms with E-state index in [9.17, 15) is 0 Å². The summed E-state index contributed by atoms with van der Waals surface area (Å²) in [5.74, 6) is 0.544. The number of hydrogen-bond acceptors (Lipinski definition) is 1. The van der Waals surface area contributed by atoms with Gasteiger partial charge in [0, 0.05) is 11.9 Å². The maximum Gasteiger partial charge on any atom is 0.0411 e. The summed E-state index contributed by atoms with van der Waals surface area (Å²) < 4.78 is 0. The molecule has 1 heteroatoms. The van der Waals surface area contributed by atoms with E-state index in [0.29, 0.717) is 5.92 Å². The van der Waals surface area contributed by atoms with Crippen LogP contribution < -0.4 is 0 Å². The Morgan fingerprint density at radius 1 is 1.36 bits per heavy atom. The van der Waals surface area contributed by atoms with Gasteiger partial charge in [-0.05, 0) is 26.2 Å². The molecule has 0 aliphatic heterocycles. The lowest BCUT2D eigenvalue weighted by Crippen LogP contribution is -1.93. The van der Waals surface area contributed by atoms with Crippen LogP contribution in [0.15, 0.2) is 16.3 Å². The summed E-state index contributed by atoms with van der Waals surface area (Å²) in [6.07, 6.45) is 2.99. The first kappa shape index (κ1) is 10.4. The van der Waals surface area contributed by atoms with Gasteiger partial charge >= 0.3 is 0 Å². The Morgan fingerprint density at radius 2 is 1.91 bits per heavy atom. The van der Waals surface area contributed by atoms with Crippen molar-refractivity contribution < 1.29 is 0 Å². The van der Waals surface area contributed by atoms with Gasteiger partial charge < -0.3 is 0 Å². The van der Waals surface area contributed by atoms with E-state index in [2.05, 4.69) is 39.6 Å². The van der Waals surface area contributed by atoms with Crippen LogP contribution in [0.4, 0.5) is 0 Å². The van der Waals surface area contributed by atoms with Gasteiger partial charge in [0.15, 0.2) is 0 Å². The van der Waals surface area contributed by atoms with Crippen molar-refractivity contribution >= 4 is 6.21 Å². The third-order valence-electron chi connectivity index (χ3n) is 1.47. The Kier molecular flexibility index (Phi) is 4.84. The monoisotopic (exact) mass is 153 g/mol. The minimum atomic E-state index is 0.544. The molecule has 0 bridgehead atoms. The minimum Gasteiger partial charge on any atom is -0.265 e. The van der Waals surface area contributed by atoms with Gasteiger partial charge in [0.05, 0.1) is 0 Å². The molecular weight excluding hydrogens is 134 g/mol. The average molecular weight is 153 g/mol. The van der Waals surface area contributed by atoms with Gasteiger partial charge in [-0.1, -0.05) is 26.3 Å². The van der Waals surface area contributed by atoms with Crippen molar-refractivity contribution in [2.45, 2.75) is 41.0 Å². The molecule has 0 aromatic carbocycles. The Morgan fingerprint density at radius 3 is 2.18 bits per heavy atom. The van der Waals surface area contributed by atoms with Gasteiger partial charge in [0.25, 0.3) is 0 Å².